The number of thiophene rings is 2. The third kappa shape index (κ3) is 3.34. The van der Waals surface area contributed by atoms with E-state index < -0.39 is 5.97 Å². The summed E-state index contributed by atoms with van der Waals surface area (Å²) in [5, 5.41) is 14.1. The smallest absolute Gasteiger partial charge is 0.346 e. The van der Waals surface area contributed by atoms with Crippen molar-refractivity contribution in [3.8, 4) is 0 Å². The molecule has 4 nitrogen and oxygen atoms in total. The molecule has 0 bridgehead atoms. The summed E-state index contributed by atoms with van der Waals surface area (Å²) in [7, 11) is 0. The molecular weight excluding hydrogens is 294 g/mol. The average molecular weight is 307 g/mol. The Bertz CT molecular complexity index is 682. The molecule has 0 aliphatic carbocycles. The number of aromatic carboxylic acids is 1. The summed E-state index contributed by atoms with van der Waals surface area (Å²) in [6.45, 7) is 3.69. The van der Waals surface area contributed by atoms with Crippen LogP contribution in [0.1, 0.15) is 25.7 Å². The van der Waals surface area contributed by atoms with Gasteiger partial charge < -0.3 is 10.4 Å². The molecule has 0 aliphatic heterocycles. The Labute approximate surface area is 124 Å². The van der Waals surface area contributed by atoms with Crippen LogP contribution in [0.5, 0.6) is 0 Å². The largest absolute Gasteiger partial charge is 0.477 e. The predicted molar refractivity (Wildman–Crippen MR) is 82.7 cm³/mol. The van der Waals surface area contributed by atoms with Crippen molar-refractivity contribution in [2.24, 2.45) is 0 Å². The number of nitrogens with one attached hydrogen (secondary N) is 1. The van der Waals surface area contributed by atoms with Gasteiger partial charge >= 0.3 is 5.97 Å². The Morgan fingerprint density at radius 3 is 2.60 bits per heavy atom. The molecule has 0 saturated heterocycles. The first-order valence-corrected chi connectivity index (χ1v) is 7.54. The number of carbonyl (C=O) groups is 2. The zero-order valence-electron chi connectivity index (χ0n) is 11.0. The minimum atomic E-state index is -0.974. The Morgan fingerprint density at radius 1 is 1.30 bits per heavy atom. The molecule has 2 aromatic rings. The summed E-state index contributed by atoms with van der Waals surface area (Å²) in [5.41, 5.74) is 1.77. The highest BCUT2D eigenvalue weighted by Gasteiger charge is 2.12. The third-order valence-electron chi connectivity index (χ3n) is 2.65. The van der Waals surface area contributed by atoms with Gasteiger partial charge in [-0.05, 0) is 48.6 Å². The van der Waals surface area contributed by atoms with E-state index in [2.05, 4.69) is 5.32 Å². The van der Waals surface area contributed by atoms with E-state index in [-0.39, 0.29) is 10.8 Å². The molecular formula is C14H13NO3S2. The fourth-order valence-corrected chi connectivity index (χ4v) is 3.36. The van der Waals surface area contributed by atoms with E-state index >= 15 is 0 Å². The van der Waals surface area contributed by atoms with Crippen molar-refractivity contribution in [3.63, 3.8) is 0 Å². The highest BCUT2D eigenvalue weighted by Crippen LogP contribution is 2.26. The molecule has 0 unspecified atom stereocenters. The van der Waals surface area contributed by atoms with Crippen molar-refractivity contribution in [1.82, 2.24) is 0 Å². The van der Waals surface area contributed by atoms with Gasteiger partial charge in [0.2, 0.25) is 5.91 Å². The average Bonchev–Trinajstić information content (AvgIpc) is 2.93. The first-order chi connectivity index (χ1) is 9.47. The third-order valence-corrected chi connectivity index (χ3v) is 4.77. The van der Waals surface area contributed by atoms with Gasteiger partial charge in [-0.2, -0.15) is 0 Å². The summed E-state index contributed by atoms with van der Waals surface area (Å²) >= 11 is 2.63. The van der Waals surface area contributed by atoms with E-state index in [0.717, 1.165) is 21.8 Å². The van der Waals surface area contributed by atoms with E-state index in [1.165, 1.54) is 6.08 Å². The number of hydrogen-bond acceptors (Lipinski definition) is 4. The molecule has 2 heterocycles. The number of amides is 1. The molecule has 6 heteroatoms. The number of hydrogen-bond donors (Lipinski definition) is 2. The van der Waals surface area contributed by atoms with Crippen molar-refractivity contribution in [2.75, 3.05) is 5.32 Å². The van der Waals surface area contributed by atoms with Gasteiger partial charge in [-0.15, -0.1) is 22.7 Å². The first-order valence-electron chi connectivity index (χ1n) is 5.84. The van der Waals surface area contributed by atoms with Gasteiger partial charge in [0.1, 0.15) is 4.88 Å². The maximum Gasteiger partial charge on any atom is 0.346 e. The number of aryl methyl sites for hydroxylation is 2. The maximum atomic E-state index is 11.8. The lowest BCUT2D eigenvalue weighted by Gasteiger charge is -1.96. The summed E-state index contributed by atoms with van der Waals surface area (Å²) in [4.78, 5) is 24.0. The van der Waals surface area contributed by atoms with Gasteiger partial charge in [-0.3, -0.25) is 4.79 Å². The second-order valence-electron chi connectivity index (χ2n) is 4.22. The van der Waals surface area contributed by atoms with Crippen molar-refractivity contribution in [1.29, 1.82) is 0 Å². The van der Waals surface area contributed by atoms with Crippen molar-refractivity contribution in [2.45, 2.75) is 13.8 Å². The van der Waals surface area contributed by atoms with Crippen LogP contribution in [-0.2, 0) is 4.79 Å². The summed E-state index contributed by atoms with van der Waals surface area (Å²) < 4.78 is 0. The Morgan fingerprint density at radius 2 is 2.05 bits per heavy atom. The topological polar surface area (TPSA) is 66.4 Å². The van der Waals surface area contributed by atoms with E-state index in [0.29, 0.717) is 10.6 Å². The maximum absolute atomic E-state index is 11.8. The second-order valence-corrected chi connectivity index (χ2v) is 6.22. The van der Waals surface area contributed by atoms with E-state index in [4.69, 9.17) is 5.11 Å². The van der Waals surface area contributed by atoms with Crippen LogP contribution < -0.4 is 5.32 Å². The van der Waals surface area contributed by atoms with Gasteiger partial charge in [0.15, 0.2) is 0 Å². The molecule has 2 N–H and O–H groups in total. The normalized spacial score (nSPS) is 10.9. The number of carboxylic acids is 1. The van der Waals surface area contributed by atoms with Gasteiger partial charge in [-0.1, -0.05) is 0 Å². The highest BCUT2D eigenvalue weighted by molar-refractivity contribution is 7.18. The highest BCUT2D eigenvalue weighted by atomic mass is 32.1. The summed E-state index contributed by atoms with van der Waals surface area (Å²) in [6, 6.07) is 3.65. The fraction of sp³-hybridized carbons (Fsp3) is 0.143. The molecule has 0 fully saturated rings. The molecule has 0 atom stereocenters. The summed E-state index contributed by atoms with van der Waals surface area (Å²) in [5.74, 6) is -1.24. The van der Waals surface area contributed by atoms with Crippen molar-refractivity contribution < 1.29 is 14.7 Å². The quantitative estimate of drug-likeness (QED) is 0.845. The van der Waals surface area contributed by atoms with Crippen LogP contribution in [0.4, 0.5) is 5.00 Å². The van der Waals surface area contributed by atoms with Crippen LogP contribution in [0.15, 0.2) is 23.6 Å². The molecule has 2 aromatic heterocycles. The number of carboxylic acid groups (broad SMARTS) is 1. The van der Waals surface area contributed by atoms with E-state index in [1.54, 1.807) is 30.4 Å². The predicted octanol–water partition coefficient (Wildman–Crippen LogP) is 3.78. The monoisotopic (exact) mass is 307 g/mol. The SMILES string of the molecule is Cc1ccsc1/C=C/C(=O)Nc1cc(C)c(C(=O)O)s1. The first kappa shape index (κ1) is 14.5. The van der Waals surface area contributed by atoms with Gasteiger partial charge in [0, 0.05) is 11.0 Å². The number of carbonyl (C=O) groups excluding carboxylic acids is 1. The van der Waals surface area contributed by atoms with Gasteiger partial charge in [-0.25, -0.2) is 4.79 Å². The molecule has 0 radical (unpaired) electrons. The Kier molecular flexibility index (Phi) is 4.36. The lowest BCUT2D eigenvalue weighted by molar-refractivity contribution is -0.111. The molecule has 20 heavy (non-hydrogen) atoms. The lowest BCUT2D eigenvalue weighted by Crippen LogP contribution is -2.06. The minimum Gasteiger partial charge on any atom is -0.477 e. The second kappa shape index (κ2) is 6.02. The van der Waals surface area contributed by atoms with Crippen LogP contribution in [0.3, 0.4) is 0 Å². The zero-order chi connectivity index (χ0) is 14.7. The molecule has 0 aliphatic rings. The zero-order valence-corrected chi connectivity index (χ0v) is 12.6. The molecule has 0 saturated carbocycles. The van der Waals surface area contributed by atoms with Crippen LogP contribution in [0.2, 0.25) is 0 Å². The van der Waals surface area contributed by atoms with E-state index in [1.807, 2.05) is 18.4 Å². The Balaban J connectivity index is 2.05. The van der Waals surface area contributed by atoms with Gasteiger partial charge in [0.25, 0.3) is 0 Å². The number of anilines is 1. The lowest BCUT2D eigenvalue weighted by atomic mass is 10.3. The van der Waals surface area contributed by atoms with E-state index in [9.17, 15) is 9.59 Å². The molecule has 0 aromatic carbocycles. The minimum absolute atomic E-state index is 0.249. The van der Waals surface area contributed by atoms with Gasteiger partial charge in [0.05, 0.1) is 5.00 Å². The van der Waals surface area contributed by atoms with Crippen LogP contribution in [0, 0.1) is 13.8 Å². The molecule has 104 valence electrons. The molecule has 2 rings (SSSR count). The number of rotatable bonds is 4. The standard InChI is InChI=1S/C14H13NO3S2/c1-8-5-6-19-10(8)3-4-11(16)15-12-7-9(2)13(20-12)14(17)18/h3-7H,1-2H3,(H,15,16)(H,17,18)/b4-3+. The Hall–Kier alpha value is -1.92. The molecule has 0 spiro atoms. The van der Waals surface area contributed by atoms with Crippen LogP contribution in [0.25, 0.3) is 6.08 Å². The van der Waals surface area contributed by atoms with Crippen LogP contribution in [-0.4, -0.2) is 17.0 Å². The molecule has 1 amide bonds. The summed E-state index contributed by atoms with van der Waals surface area (Å²) in [6.07, 6.45) is 3.21. The van der Waals surface area contributed by atoms with Crippen molar-refractivity contribution >= 4 is 45.6 Å². The fourth-order valence-electron chi connectivity index (χ4n) is 1.63. The van der Waals surface area contributed by atoms with Crippen LogP contribution >= 0.6 is 22.7 Å². The van der Waals surface area contributed by atoms with Crippen molar-refractivity contribution in [3.05, 3.63) is 44.5 Å².